The lowest BCUT2D eigenvalue weighted by atomic mass is 9.96. The molecular formula is C25H32N2O3. The molecule has 30 heavy (non-hydrogen) atoms. The van der Waals surface area contributed by atoms with Gasteiger partial charge in [-0.2, -0.15) is 0 Å². The zero-order valence-electron chi connectivity index (χ0n) is 17.9. The van der Waals surface area contributed by atoms with Crippen LogP contribution in [0.25, 0.3) is 10.8 Å². The molecule has 2 heterocycles. The molecule has 0 aromatic heterocycles. The molecule has 160 valence electrons. The van der Waals surface area contributed by atoms with E-state index in [1.807, 2.05) is 6.07 Å². The number of piperidine rings is 1. The average molecular weight is 409 g/mol. The summed E-state index contributed by atoms with van der Waals surface area (Å²) in [5, 5.41) is 2.27. The van der Waals surface area contributed by atoms with Gasteiger partial charge < -0.3 is 9.47 Å². The van der Waals surface area contributed by atoms with Gasteiger partial charge in [0.05, 0.1) is 18.2 Å². The predicted octanol–water partition coefficient (Wildman–Crippen LogP) is 4.23. The first-order chi connectivity index (χ1) is 14.7. The number of fused-ring (bicyclic) bond motifs is 3. The number of hydrogen-bond donors (Lipinski definition) is 0. The van der Waals surface area contributed by atoms with Gasteiger partial charge in [0.15, 0.2) is 5.78 Å². The fraction of sp³-hybridized carbons (Fsp3) is 0.560. The molecule has 0 spiro atoms. The highest BCUT2D eigenvalue weighted by molar-refractivity contribution is 6.07. The lowest BCUT2D eigenvalue weighted by molar-refractivity contribution is 0.0390. The van der Waals surface area contributed by atoms with Crippen LogP contribution in [-0.2, 0) is 11.3 Å². The number of nitrogens with zero attached hydrogens (tertiary/aromatic N) is 2. The smallest absolute Gasteiger partial charge is 0.180 e. The van der Waals surface area contributed by atoms with E-state index in [0.717, 1.165) is 49.2 Å². The van der Waals surface area contributed by atoms with Gasteiger partial charge in [-0.15, -0.1) is 0 Å². The Labute approximate surface area is 178 Å². The quantitative estimate of drug-likeness (QED) is 0.757. The Morgan fingerprint density at radius 2 is 1.80 bits per heavy atom. The second kappa shape index (κ2) is 8.66. The summed E-state index contributed by atoms with van der Waals surface area (Å²) in [4.78, 5) is 18.0. The molecular weight excluding hydrogens is 376 g/mol. The normalized spacial score (nSPS) is 22.2. The number of rotatable bonds is 4. The zero-order valence-corrected chi connectivity index (χ0v) is 17.9. The summed E-state index contributed by atoms with van der Waals surface area (Å²) in [6.45, 7) is 3.91. The van der Waals surface area contributed by atoms with Gasteiger partial charge in [-0.25, -0.2) is 0 Å². The van der Waals surface area contributed by atoms with Crippen molar-refractivity contribution in [1.82, 2.24) is 9.80 Å². The van der Waals surface area contributed by atoms with Gasteiger partial charge in [-0.05, 0) is 42.7 Å². The van der Waals surface area contributed by atoms with E-state index in [1.165, 1.54) is 36.6 Å². The van der Waals surface area contributed by atoms with Gasteiger partial charge in [0.2, 0.25) is 0 Å². The van der Waals surface area contributed by atoms with E-state index < -0.39 is 0 Å². The highest BCUT2D eigenvalue weighted by Crippen LogP contribution is 2.36. The molecule has 2 aliphatic heterocycles. The molecule has 3 aliphatic rings. The predicted molar refractivity (Wildman–Crippen MR) is 118 cm³/mol. The van der Waals surface area contributed by atoms with Crippen LogP contribution in [0.4, 0.5) is 0 Å². The monoisotopic (exact) mass is 408 g/mol. The van der Waals surface area contributed by atoms with Crippen molar-refractivity contribution >= 4 is 16.6 Å². The molecule has 5 rings (SSSR count). The van der Waals surface area contributed by atoms with Gasteiger partial charge in [-0.3, -0.25) is 14.6 Å². The van der Waals surface area contributed by atoms with E-state index in [1.54, 1.807) is 7.11 Å². The maximum atomic E-state index is 13.3. The van der Waals surface area contributed by atoms with E-state index in [4.69, 9.17) is 9.47 Å². The number of carbonyl (C=O) groups excluding carboxylic acids is 1. The number of ether oxygens (including phenoxy) is 2. The van der Waals surface area contributed by atoms with E-state index in [2.05, 4.69) is 34.1 Å². The van der Waals surface area contributed by atoms with E-state index in [0.29, 0.717) is 25.4 Å². The minimum absolute atomic E-state index is 0.194. The fourth-order valence-corrected chi connectivity index (χ4v) is 5.43. The molecule has 5 heteroatoms. The minimum Gasteiger partial charge on any atom is -0.477 e. The first-order valence-electron chi connectivity index (χ1n) is 11.4. The summed E-state index contributed by atoms with van der Waals surface area (Å²) < 4.78 is 11.8. The van der Waals surface area contributed by atoms with Gasteiger partial charge in [0.25, 0.3) is 0 Å². The Hall–Kier alpha value is -1.95. The molecule has 0 bridgehead atoms. The van der Waals surface area contributed by atoms with Crippen molar-refractivity contribution in [3.63, 3.8) is 0 Å². The standard InChI is InChI=1S/C25H32N2O3/c1-29-20-10-12-26(13-11-20)15-18-14-23-24(28)16-27(19-6-2-3-7-19)17-30-25(23)22-9-5-4-8-21(18)22/h4-5,8-9,14,19-20H,2-3,6-7,10-13,15-17H2,1H3. The zero-order chi connectivity index (χ0) is 20.5. The van der Waals surface area contributed by atoms with Gasteiger partial charge in [0, 0.05) is 38.2 Å². The van der Waals surface area contributed by atoms with Gasteiger partial charge >= 0.3 is 0 Å². The highest BCUT2D eigenvalue weighted by Gasteiger charge is 2.30. The van der Waals surface area contributed by atoms with Crippen molar-refractivity contribution < 1.29 is 14.3 Å². The molecule has 1 saturated carbocycles. The lowest BCUT2D eigenvalue weighted by Crippen LogP contribution is -2.38. The number of benzene rings is 2. The summed E-state index contributed by atoms with van der Waals surface area (Å²) in [7, 11) is 1.81. The molecule has 2 aromatic carbocycles. The van der Waals surface area contributed by atoms with Crippen LogP contribution in [0.15, 0.2) is 30.3 Å². The molecule has 0 amide bonds. The van der Waals surface area contributed by atoms with E-state index in [9.17, 15) is 4.79 Å². The SMILES string of the molecule is COC1CCN(Cc2cc3c(c4ccccc24)OCN(C2CCCC2)CC3=O)CC1. The molecule has 1 saturated heterocycles. The van der Waals surface area contributed by atoms with Crippen LogP contribution in [0, 0.1) is 0 Å². The van der Waals surface area contributed by atoms with Crippen LogP contribution >= 0.6 is 0 Å². The van der Waals surface area contributed by atoms with Crippen LogP contribution in [0.3, 0.4) is 0 Å². The number of carbonyl (C=O) groups is 1. The molecule has 0 atom stereocenters. The number of hydrogen-bond acceptors (Lipinski definition) is 5. The van der Waals surface area contributed by atoms with Crippen LogP contribution < -0.4 is 4.74 Å². The summed E-state index contributed by atoms with van der Waals surface area (Å²) in [5.74, 6) is 0.970. The minimum atomic E-state index is 0.194. The van der Waals surface area contributed by atoms with Crippen molar-refractivity contribution in [3.8, 4) is 5.75 Å². The molecule has 5 nitrogen and oxygen atoms in total. The summed E-state index contributed by atoms with van der Waals surface area (Å²) >= 11 is 0. The Kier molecular flexibility index (Phi) is 5.77. The summed E-state index contributed by atoms with van der Waals surface area (Å²) in [6.07, 6.45) is 7.38. The van der Waals surface area contributed by atoms with Gasteiger partial charge in [-0.1, -0.05) is 37.1 Å². The van der Waals surface area contributed by atoms with Crippen molar-refractivity contribution in [3.05, 3.63) is 41.5 Å². The molecule has 0 radical (unpaired) electrons. The van der Waals surface area contributed by atoms with Crippen LogP contribution in [0.2, 0.25) is 0 Å². The number of methoxy groups -OCH3 is 1. The number of Topliss-reactive ketones (excluding diaryl/α,β-unsaturated/α-hetero) is 1. The van der Waals surface area contributed by atoms with Crippen molar-refractivity contribution in [2.45, 2.75) is 57.2 Å². The second-order valence-corrected chi connectivity index (χ2v) is 9.05. The van der Waals surface area contributed by atoms with Gasteiger partial charge in [0.1, 0.15) is 12.5 Å². The van der Waals surface area contributed by atoms with E-state index >= 15 is 0 Å². The van der Waals surface area contributed by atoms with E-state index in [-0.39, 0.29) is 5.78 Å². The first-order valence-corrected chi connectivity index (χ1v) is 11.4. The summed E-state index contributed by atoms with van der Waals surface area (Å²) in [6, 6.07) is 11.0. The molecule has 0 unspecified atom stereocenters. The van der Waals surface area contributed by atoms with Crippen molar-refractivity contribution in [2.24, 2.45) is 0 Å². The second-order valence-electron chi connectivity index (χ2n) is 9.05. The fourth-order valence-electron chi connectivity index (χ4n) is 5.43. The Morgan fingerprint density at radius 1 is 1.07 bits per heavy atom. The van der Waals surface area contributed by atoms with Crippen LogP contribution in [0.5, 0.6) is 5.75 Å². The summed E-state index contributed by atoms with van der Waals surface area (Å²) in [5.41, 5.74) is 1.99. The third kappa shape index (κ3) is 3.86. The third-order valence-corrected chi connectivity index (χ3v) is 7.21. The van der Waals surface area contributed by atoms with Crippen LogP contribution in [0.1, 0.15) is 54.4 Å². The maximum Gasteiger partial charge on any atom is 0.180 e. The third-order valence-electron chi connectivity index (χ3n) is 7.21. The molecule has 0 N–H and O–H groups in total. The maximum absolute atomic E-state index is 13.3. The lowest BCUT2D eigenvalue weighted by Gasteiger charge is -2.31. The number of likely N-dealkylation sites (tertiary alicyclic amines) is 1. The molecule has 2 fully saturated rings. The van der Waals surface area contributed by atoms with Crippen molar-refractivity contribution in [2.75, 3.05) is 33.5 Å². The average Bonchev–Trinajstić information content (AvgIpc) is 3.27. The Morgan fingerprint density at radius 3 is 2.53 bits per heavy atom. The molecule has 1 aliphatic carbocycles. The van der Waals surface area contributed by atoms with Crippen molar-refractivity contribution in [1.29, 1.82) is 0 Å². The topological polar surface area (TPSA) is 42.0 Å². The highest BCUT2D eigenvalue weighted by atomic mass is 16.5. The largest absolute Gasteiger partial charge is 0.477 e. The Balaban J connectivity index is 1.45. The first kappa shape index (κ1) is 20.0. The Bertz CT molecular complexity index is 914. The van der Waals surface area contributed by atoms with Crippen LogP contribution in [-0.4, -0.2) is 61.2 Å². The molecule has 2 aromatic rings. The number of ketones is 1.